The van der Waals surface area contributed by atoms with Crippen LogP contribution in [0.2, 0.25) is 0 Å². The van der Waals surface area contributed by atoms with Gasteiger partial charge in [0.2, 0.25) is 5.91 Å². The number of hydrogen-bond donors (Lipinski definition) is 1. The lowest BCUT2D eigenvalue weighted by molar-refractivity contribution is -0.124. The van der Waals surface area contributed by atoms with Gasteiger partial charge in [0.15, 0.2) is 11.0 Å². The van der Waals surface area contributed by atoms with Crippen LogP contribution in [0.3, 0.4) is 0 Å². The van der Waals surface area contributed by atoms with Crippen LogP contribution in [0.1, 0.15) is 5.56 Å². The summed E-state index contributed by atoms with van der Waals surface area (Å²) in [6.45, 7) is 0.883. The van der Waals surface area contributed by atoms with Crippen molar-refractivity contribution < 1.29 is 14.0 Å². The first-order valence-corrected chi connectivity index (χ1v) is 10.0. The number of halogens is 1. The lowest BCUT2D eigenvalue weighted by atomic mass is 10.2. The van der Waals surface area contributed by atoms with Gasteiger partial charge in [-0.15, -0.1) is 10.2 Å². The molecule has 1 aliphatic heterocycles. The zero-order valence-corrected chi connectivity index (χ0v) is 16.2. The molecular weight excluding hydrogens is 393 g/mol. The van der Waals surface area contributed by atoms with E-state index in [0.29, 0.717) is 29.8 Å². The summed E-state index contributed by atoms with van der Waals surface area (Å²) in [5, 5.41) is 11.8. The van der Waals surface area contributed by atoms with Crippen LogP contribution in [0.4, 0.5) is 9.18 Å². The third-order valence-corrected chi connectivity index (χ3v) is 5.43. The number of nitrogens with zero attached hydrogens (tertiary/aromatic N) is 4. The number of carbonyl (C=O) groups is 2. The molecule has 0 spiro atoms. The molecule has 148 valence electrons. The lowest BCUT2D eigenvalue weighted by Gasteiger charge is -2.13. The molecule has 1 N–H and O–H groups in total. The number of amides is 3. The van der Waals surface area contributed by atoms with E-state index < -0.39 is 0 Å². The number of rotatable bonds is 7. The Balaban J connectivity index is 1.56. The van der Waals surface area contributed by atoms with E-state index in [1.165, 1.54) is 28.8 Å². The molecule has 29 heavy (non-hydrogen) atoms. The Bertz CT molecular complexity index is 1010. The Hall–Kier alpha value is -3.20. The van der Waals surface area contributed by atoms with Crippen LogP contribution >= 0.6 is 11.8 Å². The Morgan fingerprint density at radius 2 is 1.79 bits per heavy atom. The highest BCUT2D eigenvalue weighted by atomic mass is 32.2. The van der Waals surface area contributed by atoms with Gasteiger partial charge in [0, 0.05) is 17.9 Å². The van der Waals surface area contributed by atoms with Crippen LogP contribution in [0, 0.1) is 5.82 Å². The average Bonchev–Trinajstić information content (AvgIpc) is 3.27. The number of imide groups is 1. The molecule has 7 nitrogen and oxygen atoms in total. The number of benzene rings is 2. The second-order valence-electron chi connectivity index (χ2n) is 6.44. The summed E-state index contributed by atoms with van der Waals surface area (Å²) in [7, 11) is 0. The van der Waals surface area contributed by atoms with Gasteiger partial charge < -0.3 is 5.32 Å². The Morgan fingerprint density at radius 1 is 1.03 bits per heavy atom. The minimum absolute atomic E-state index is 0.0441. The van der Waals surface area contributed by atoms with Crippen molar-refractivity contribution in [2.45, 2.75) is 11.7 Å². The number of urea groups is 1. The highest BCUT2D eigenvalue weighted by Gasteiger charge is 2.28. The van der Waals surface area contributed by atoms with E-state index >= 15 is 0 Å². The molecule has 9 heteroatoms. The normalized spacial score (nSPS) is 13.8. The summed E-state index contributed by atoms with van der Waals surface area (Å²) in [6, 6.07) is 15.6. The number of hydrogen-bond acceptors (Lipinski definition) is 5. The maximum Gasteiger partial charge on any atom is 0.324 e. The number of carbonyl (C=O) groups excluding carboxylic acids is 2. The van der Waals surface area contributed by atoms with Gasteiger partial charge in [-0.1, -0.05) is 42.1 Å². The topological polar surface area (TPSA) is 80.1 Å². The van der Waals surface area contributed by atoms with Crippen LogP contribution < -0.4 is 5.32 Å². The van der Waals surface area contributed by atoms with E-state index in [-0.39, 0.29) is 24.3 Å². The minimum Gasteiger partial charge on any atom is -0.329 e. The highest BCUT2D eigenvalue weighted by Crippen LogP contribution is 2.25. The van der Waals surface area contributed by atoms with E-state index in [4.69, 9.17) is 0 Å². The van der Waals surface area contributed by atoms with Crippen molar-refractivity contribution in [2.75, 3.05) is 18.8 Å². The summed E-state index contributed by atoms with van der Waals surface area (Å²) in [4.78, 5) is 24.6. The molecule has 0 unspecified atom stereocenters. The quantitative estimate of drug-likeness (QED) is 0.478. The van der Waals surface area contributed by atoms with Crippen molar-refractivity contribution in [3.05, 3.63) is 66.0 Å². The Morgan fingerprint density at radius 3 is 2.48 bits per heavy atom. The first-order valence-electron chi connectivity index (χ1n) is 9.06. The first-order chi connectivity index (χ1) is 14.1. The molecule has 0 bridgehead atoms. The molecule has 2 aromatic carbocycles. The summed E-state index contributed by atoms with van der Waals surface area (Å²) >= 11 is 1.42. The standard InChI is InChI=1S/C20H18FN5O2S/c21-16-8-6-15(7-9-16)18-23-24-20(26(18)13-14-4-2-1-3-5-14)29-11-10-25-17(27)12-22-19(25)28/h1-9H,10-13H2,(H,22,28). The smallest absolute Gasteiger partial charge is 0.324 e. The van der Waals surface area contributed by atoms with Gasteiger partial charge in [0.05, 0.1) is 13.1 Å². The van der Waals surface area contributed by atoms with E-state index in [1.54, 1.807) is 12.1 Å². The van der Waals surface area contributed by atoms with Gasteiger partial charge in [0.1, 0.15) is 5.82 Å². The highest BCUT2D eigenvalue weighted by molar-refractivity contribution is 7.99. The van der Waals surface area contributed by atoms with Crippen LogP contribution in [0.25, 0.3) is 11.4 Å². The molecule has 4 rings (SSSR count). The molecule has 3 amide bonds. The third-order valence-electron chi connectivity index (χ3n) is 4.49. The van der Waals surface area contributed by atoms with Gasteiger partial charge in [0.25, 0.3) is 0 Å². The molecule has 1 fully saturated rings. The monoisotopic (exact) mass is 411 g/mol. The first kappa shape index (κ1) is 19.1. The molecule has 2 heterocycles. The predicted octanol–water partition coefficient (Wildman–Crippen LogP) is 2.78. The zero-order valence-electron chi connectivity index (χ0n) is 15.4. The van der Waals surface area contributed by atoms with Crippen molar-refractivity contribution >= 4 is 23.7 Å². The Kier molecular flexibility index (Phi) is 5.57. The van der Waals surface area contributed by atoms with Crippen molar-refractivity contribution in [1.82, 2.24) is 25.0 Å². The van der Waals surface area contributed by atoms with Crippen LogP contribution in [-0.2, 0) is 11.3 Å². The zero-order chi connectivity index (χ0) is 20.2. The fraction of sp³-hybridized carbons (Fsp3) is 0.200. The van der Waals surface area contributed by atoms with Crippen molar-refractivity contribution in [2.24, 2.45) is 0 Å². The van der Waals surface area contributed by atoms with Crippen LogP contribution in [0.5, 0.6) is 0 Å². The molecule has 0 atom stereocenters. The van der Waals surface area contributed by atoms with E-state index in [1.807, 2.05) is 34.9 Å². The largest absolute Gasteiger partial charge is 0.329 e. The van der Waals surface area contributed by atoms with Crippen LogP contribution in [0.15, 0.2) is 59.8 Å². The van der Waals surface area contributed by atoms with Crippen molar-refractivity contribution in [3.63, 3.8) is 0 Å². The van der Waals surface area contributed by atoms with Gasteiger partial charge >= 0.3 is 6.03 Å². The fourth-order valence-corrected chi connectivity index (χ4v) is 3.89. The molecule has 3 aromatic rings. The maximum atomic E-state index is 13.3. The lowest BCUT2D eigenvalue weighted by Crippen LogP contribution is -2.32. The van der Waals surface area contributed by atoms with Crippen molar-refractivity contribution in [1.29, 1.82) is 0 Å². The maximum absolute atomic E-state index is 13.3. The molecule has 1 aliphatic rings. The number of thioether (sulfide) groups is 1. The van der Waals surface area contributed by atoms with Gasteiger partial charge in [-0.25, -0.2) is 9.18 Å². The van der Waals surface area contributed by atoms with E-state index in [2.05, 4.69) is 15.5 Å². The fourth-order valence-electron chi connectivity index (χ4n) is 3.03. The molecule has 1 saturated heterocycles. The van der Waals surface area contributed by atoms with E-state index in [0.717, 1.165) is 11.1 Å². The summed E-state index contributed by atoms with van der Waals surface area (Å²) in [5.74, 6) is 0.584. The second-order valence-corrected chi connectivity index (χ2v) is 7.50. The minimum atomic E-state index is -0.367. The molecule has 0 radical (unpaired) electrons. The summed E-state index contributed by atoms with van der Waals surface area (Å²) in [5.41, 5.74) is 1.84. The number of aromatic nitrogens is 3. The molecule has 0 saturated carbocycles. The number of nitrogens with one attached hydrogen (secondary N) is 1. The summed E-state index contributed by atoms with van der Waals surface area (Å²) in [6.07, 6.45) is 0. The molecule has 1 aromatic heterocycles. The van der Waals surface area contributed by atoms with Gasteiger partial charge in [-0.3, -0.25) is 14.3 Å². The Labute approximate surface area is 170 Å². The van der Waals surface area contributed by atoms with Crippen LogP contribution in [-0.4, -0.2) is 50.4 Å². The second kappa shape index (κ2) is 8.44. The van der Waals surface area contributed by atoms with Crippen molar-refractivity contribution in [3.8, 4) is 11.4 Å². The SMILES string of the molecule is O=C1CNC(=O)N1CCSc1nnc(-c2ccc(F)cc2)n1Cc1ccccc1. The van der Waals surface area contributed by atoms with E-state index in [9.17, 15) is 14.0 Å². The third kappa shape index (κ3) is 4.29. The van der Waals surface area contributed by atoms with Gasteiger partial charge in [-0.05, 0) is 29.8 Å². The molecule has 0 aliphatic carbocycles. The molecular formula is C20H18FN5O2S. The van der Waals surface area contributed by atoms with Gasteiger partial charge in [-0.2, -0.15) is 0 Å². The predicted molar refractivity (Wildman–Crippen MR) is 107 cm³/mol. The summed E-state index contributed by atoms with van der Waals surface area (Å²) < 4.78 is 15.3. The average molecular weight is 411 g/mol.